The summed E-state index contributed by atoms with van der Waals surface area (Å²) in [5.74, 6) is -0.0325. The first-order chi connectivity index (χ1) is 17.2. The third-order valence-corrected chi connectivity index (χ3v) is 8.35. The van der Waals surface area contributed by atoms with Gasteiger partial charge in [0.05, 0.1) is 29.4 Å². The lowest BCUT2D eigenvalue weighted by Crippen LogP contribution is -2.50. The van der Waals surface area contributed by atoms with Gasteiger partial charge in [-0.1, -0.05) is 32.1 Å². The molecule has 3 aliphatic heterocycles. The van der Waals surface area contributed by atoms with Crippen molar-refractivity contribution < 1.29 is 24.2 Å². The van der Waals surface area contributed by atoms with Crippen LogP contribution in [0.25, 0.3) is 0 Å². The van der Waals surface area contributed by atoms with Crippen LogP contribution in [-0.2, 0) is 9.47 Å². The summed E-state index contributed by atoms with van der Waals surface area (Å²) in [6.45, 7) is 8.65. The second-order valence-electron chi connectivity index (χ2n) is 11.3. The number of aliphatic hydroxyl groups is 1. The largest absolute Gasteiger partial charge is 0.389 e. The van der Waals surface area contributed by atoms with Gasteiger partial charge in [0.2, 0.25) is 0 Å². The van der Waals surface area contributed by atoms with E-state index in [9.17, 15) is 14.7 Å². The van der Waals surface area contributed by atoms with Gasteiger partial charge in [-0.05, 0) is 88.3 Å². The molecule has 6 atom stereocenters. The van der Waals surface area contributed by atoms with Crippen molar-refractivity contribution in [3.63, 3.8) is 0 Å². The molecular formula is C30H43NO5. The summed E-state index contributed by atoms with van der Waals surface area (Å²) < 4.78 is 13.3. The Morgan fingerprint density at radius 2 is 1.81 bits per heavy atom. The summed E-state index contributed by atoms with van der Waals surface area (Å²) in [7, 11) is 0. The first-order valence-corrected chi connectivity index (χ1v) is 13.9. The number of nitrogens with zero attached hydrogens (tertiary/aromatic N) is 1. The normalized spacial score (nSPS) is 30.5. The molecule has 1 aromatic rings. The summed E-state index contributed by atoms with van der Waals surface area (Å²) in [5.41, 5.74) is 2.05. The topological polar surface area (TPSA) is 76.1 Å². The van der Waals surface area contributed by atoms with Crippen LogP contribution in [0, 0.1) is 11.8 Å². The monoisotopic (exact) mass is 497 g/mol. The highest BCUT2D eigenvalue weighted by atomic mass is 16.7. The predicted octanol–water partition coefficient (Wildman–Crippen LogP) is 5.89. The minimum Gasteiger partial charge on any atom is -0.389 e. The van der Waals surface area contributed by atoms with Crippen LogP contribution >= 0.6 is 0 Å². The van der Waals surface area contributed by atoms with Gasteiger partial charge in [0.25, 0.3) is 11.8 Å². The molecule has 0 saturated carbocycles. The Hall–Kier alpha value is -2.02. The lowest BCUT2D eigenvalue weighted by molar-refractivity contribution is -0.324. The first-order valence-electron chi connectivity index (χ1n) is 13.9. The summed E-state index contributed by atoms with van der Waals surface area (Å²) in [5, 5.41) is 9.74. The molecule has 36 heavy (non-hydrogen) atoms. The molecule has 198 valence electrons. The third kappa shape index (κ3) is 6.09. The summed E-state index contributed by atoms with van der Waals surface area (Å²) in [6, 6.07) is 7.06. The number of benzene rings is 1. The number of fused-ring (bicyclic) bond motifs is 1. The van der Waals surface area contributed by atoms with E-state index in [0.29, 0.717) is 29.5 Å². The third-order valence-electron chi connectivity index (χ3n) is 8.35. The highest BCUT2D eigenvalue weighted by Gasteiger charge is 2.44. The SMILES string of the molecule is C/C(=C\[C@@H](C)CC[C@@H]1CCC[C@]2(CC[C@H](C)[C@@H](CCCN3C(=O)c4ccccc4C3=O)O2)O1)[C@H](C)O. The molecule has 3 aliphatic rings. The van der Waals surface area contributed by atoms with Crippen molar-refractivity contribution in [1.29, 1.82) is 0 Å². The zero-order valence-corrected chi connectivity index (χ0v) is 22.4. The molecular weight excluding hydrogens is 454 g/mol. The van der Waals surface area contributed by atoms with E-state index in [0.717, 1.165) is 63.4 Å². The Morgan fingerprint density at radius 1 is 1.11 bits per heavy atom. The van der Waals surface area contributed by atoms with Crippen LogP contribution in [0.1, 0.15) is 106 Å². The highest BCUT2D eigenvalue weighted by Crippen LogP contribution is 2.43. The maximum Gasteiger partial charge on any atom is 0.261 e. The van der Waals surface area contributed by atoms with E-state index < -0.39 is 11.9 Å². The minimum absolute atomic E-state index is 0.0724. The van der Waals surface area contributed by atoms with Crippen LogP contribution in [0.5, 0.6) is 0 Å². The predicted molar refractivity (Wildman–Crippen MR) is 140 cm³/mol. The highest BCUT2D eigenvalue weighted by molar-refractivity contribution is 6.21. The van der Waals surface area contributed by atoms with E-state index >= 15 is 0 Å². The van der Waals surface area contributed by atoms with Gasteiger partial charge in [-0.2, -0.15) is 0 Å². The van der Waals surface area contributed by atoms with Crippen LogP contribution in [-0.4, -0.2) is 52.5 Å². The zero-order valence-electron chi connectivity index (χ0n) is 22.4. The summed E-state index contributed by atoms with van der Waals surface area (Å²) >= 11 is 0. The van der Waals surface area contributed by atoms with Crippen LogP contribution in [0.2, 0.25) is 0 Å². The van der Waals surface area contributed by atoms with Crippen LogP contribution in [0.3, 0.4) is 0 Å². The molecule has 1 N–H and O–H groups in total. The van der Waals surface area contributed by atoms with Crippen molar-refractivity contribution in [2.45, 2.75) is 110 Å². The van der Waals surface area contributed by atoms with Gasteiger partial charge in [0.15, 0.2) is 5.79 Å². The number of hydrogen-bond donors (Lipinski definition) is 1. The summed E-state index contributed by atoms with van der Waals surface area (Å²) in [6.07, 6.45) is 10.7. The lowest BCUT2D eigenvalue weighted by Gasteiger charge is -2.48. The van der Waals surface area contributed by atoms with E-state index in [-0.39, 0.29) is 24.0 Å². The number of carbonyl (C=O) groups is 2. The molecule has 0 aromatic heterocycles. The molecule has 0 aliphatic carbocycles. The van der Waals surface area contributed by atoms with Crippen molar-refractivity contribution in [3.8, 4) is 0 Å². The lowest BCUT2D eigenvalue weighted by atomic mass is 9.85. The van der Waals surface area contributed by atoms with E-state index in [1.807, 2.05) is 13.8 Å². The summed E-state index contributed by atoms with van der Waals surface area (Å²) in [4.78, 5) is 26.7. The number of rotatable bonds is 9. The van der Waals surface area contributed by atoms with Gasteiger partial charge < -0.3 is 14.6 Å². The second kappa shape index (κ2) is 11.6. The average molecular weight is 498 g/mol. The van der Waals surface area contributed by atoms with Gasteiger partial charge in [0, 0.05) is 19.4 Å². The van der Waals surface area contributed by atoms with Gasteiger partial charge in [-0.15, -0.1) is 0 Å². The Bertz CT molecular complexity index is 937. The molecule has 0 radical (unpaired) electrons. The van der Waals surface area contributed by atoms with E-state index in [1.165, 1.54) is 4.90 Å². The number of carbonyl (C=O) groups excluding carboxylic acids is 2. The fourth-order valence-electron chi connectivity index (χ4n) is 5.94. The van der Waals surface area contributed by atoms with Gasteiger partial charge in [-0.25, -0.2) is 0 Å². The van der Waals surface area contributed by atoms with Crippen molar-refractivity contribution in [1.82, 2.24) is 4.90 Å². The Labute approximate surface area is 216 Å². The van der Waals surface area contributed by atoms with Gasteiger partial charge in [0.1, 0.15) is 0 Å². The number of aliphatic hydroxyl groups excluding tert-OH is 1. The molecule has 1 aromatic carbocycles. The first kappa shape index (κ1) is 27.0. The zero-order chi connectivity index (χ0) is 25.9. The van der Waals surface area contributed by atoms with Crippen molar-refractivity contribution in [2.75, 3.05) is 6.54 Å². The van der Waals surface area contributed by atoms with Crippen LogP contribution < -0.4 is 0 Å². The van der Waals surface area contributed by atoms with Crippen molar-refractivity contribution in [3.05, 3.63) is 47.0 Å². The molecule has 3 heterocycles. The fraction of sp³-hybridized carbons (Fsp3) is 0.667. The number of amides is 2. The Balaban J connectivity index is 1.28. The second-order valence-corrected chi connectivity index (χ2v) is 11.3. The van der Waals surface area contributed by atoms with E-state index in [4.69, 9.17) is 9.47 Å². The van der Waals surface area contributed by atoms with Gasteiger partial charge >= 0.3 is 0 Å². The maximum absolute atomic E-state index is 12.7. The number of imide groups is 1. The molecule has 4 rings (SSSR count). The van der Waals surface area contributed by atoms with Crippen molar-refractivity contribution >= 4 is 11.8 Å². The Morgan fingerprint density at radius 3 is 2.47 bits per heavy atom. The molecule has 0 unspecified atom stereocenters. The van der Waals surface area contributed by atoms with E-state index in [1.54, 1.807) is 24.3 Å². The molecule has 1 spiro atoms. The Kier molecular flexibility index (Phi) is 8.69. The number of ether oxygens (including phenoxy) is 2. The smallest absolute Gasteiger partial charge is 0.261 e. The number of allylic oxidation sites excluding steroid dienone is 1. The average Bonchev–Trinajstić information content (AvgIpc) is 3.10. The van der Waals surface area contributed by atoms with Gasteiger partial charge in [-0.3, -0.25) is 14.5 Å². The molecule has 6 heteroatoms. The van der Waals surface area contributed by atoms with Crippen LogP contribution in [0.4, 0.5) is 0 Å². The minimum atomic E-state index is -0.496. The van der Waals surface area contributed by atoms with Crippen molar-refractivity contribution in [2.24, 2.45) is 11.8 Å². The quantitative estimate of drug-likeness (QED) is 0.340. The number of hydrogen-bond acceptors (Lipinski definition) is 5. The van der Waals surface area contributed by atoms with E-state index in [2.05, 4.69) is 19.9 Å². The van der Waals surface area contributed by atoms with Crippen LogP contribution in [0.15, 0.2) is 35.9 Å². The molecule has 6 nitrogen and oxygen atoms in total. The molecule has 2 amide bonds. The molecule has 2 fully saturated rings. The standard InChI is InChI=1S/C30H43NO5/c1-20(19-22(3)23(4)32)13-14-24-9-7-16-30(35-24)17-15-21(2)27(36-30)12-8-18-31-28(33)25-10-5-6-11-26(25)29(31)34/h5-6,10-11,19-21,23-24,27,32H,7-9,12-18H2,1-4H3/b22-19+/t20-,21-,23-,24-,27+,30-/m0/s1. The fourth-order valence-corrected chi connectivity index (χ4v) is 5.94. The maximum atomic E-state index is 12.7. The molecule has 0 bridgehead atoms. The molecule has 2 saturated heterocycles.